The van der Waals surface area contributed by atoms with E-state index in [0.29, 0.717) is 0 Å². The van der Waals surface area contributed by atoms with Gasteiger partial charge in [-0.15, -0.1) is 0 Å². The summed E-state index contributed by atoms with van der Waals surface area (Å²) in [6.45, 7) is 2.86. The first-order valence-electron chi connectivity index (χ1n) is 7.17. The van der Waals surface area contributed by atoms with Crippen LogP contribution < -0.4 is 15.4 Å². The zero-order chi connectivity index (χ0) is 15.2. The average molecular weight is 285 g/mol. The fraction of sp³-hybridized carbons (Fsp3) is 0.353. The van der Waals surface area contributed by atoms with Crippen molar-refractivity contribution in [2.24, 2.45) is 5.73 Å². The summed E-state index contributed by atoms with van der Waals surface area (Å²) in [7, 11) is 3.75. The van der Waals surface area contributed by atoms with E-state index >= 15 is 0 Å². The van der Waals surface area contributed by atoms with Crippen molar-refractivity contribution in [3.05, 3.63) is 53.9 Å². The lowest BCUT2D eigenvalue weighted by Gasteiger charge is -2.25. The number of pyridine rings is 1. The van der Waals surface area contributed by atoms with Gasteiger partial charge in [0.15, 0.2) is 0 Å². The molecular weight excluding hydrogens is 262 g/mol. The maximum Gasteiger partial charge on any atom is 0.125 e. The molecule has 0 fully saturated rings. The minimum atomic E-state index is -0.0755. The molecule has 0 spiro atoms. The molecule has 0 aliphatic rings. The Morgan fingerprint density at radius 3 is 2.67 bits per heavy atom. The van der Waals surface area contributed by atoms with Gasteiger partial charge in [-0.25, -0.2) is 0 Å². The summed E-state index contributed by atoms with van der Waals surface area (Å²) in [4.78, 5) is 6.56. The molecule has 4 nitrogen and oxygen atoms in total. The molecule has 0 saturated carbocycles. The van der Waals surface area contributed by atoms with Crippen LogP contribution in [0, 0.1) is 0 Å². The molecule has 0 aliphatic heterocycles. The van der Waals surface area contributed by atoms with Gasteiger partial charge >= 0.3 is 0 Å². The highest BCUT2D eigenvalue weighted by Gasteiger charge is 2.15. The molecule has 4 heteroatoms. The van der Waals surface area contributed by atoms with Gasteiger partial charge in [0.25, 0.3) is 0 Å². The van der Waals surface area contributed by atoms with Crippen molar-refractivity contribution in [3.8, 4) is 5.75 Å². The minimum absolute atomic E-state index is 0.0755. The first-order valence-corrected chi connectivity index (χ1v) is 7.17. The minimum Gasteiger partial charge on any atom is -0.496 e. The smallest absolute Gasteiger partial charge is 0.125 e. The summed E-state index contributed by atoms with van der Waals surface area (Å²) in [6, 6.07) is 12.0. The van der Waals surface area contributed by atoms with Crippen molar-refractivity contribution in [1.29, 1.82) is 0 Å². The van der Waals surface area contributed by atoms with Crippen molar-refractivity contribution >= 4 is 5.69 Å². The Hall–Kier alpha value is -2.07. The van der Waals surface area contributed by atoms with Gasteiger partial charge in [-0.2, -0.15) is 0 Å². The lowest BCUT2D eigenvalue weighted by atomic mass is 10.0. The first-order chi connectivity index (χ1) is 10.1. The Labute approximate surface area is 126 Å². The van der Waals surface area contributed by atoms with Crippen molar-refractivity contribution in [1.82, 2.24) is 4.98 Å². The number of aromatic nitrogens is 1. The lowest BCUT2D eigenvalue weighted by Crippen LogP contribution is -2.23. The zero-order valence-electron chi connectivity index (χ0n) is 12.9. The van der Waals surface area contributed by atoms with Crippen molar-refractivity contribution in [2.75, 3.05) is 25.6 Å². The molecule has 1 heterocycles. The third-order valence-corrected chi connectivity index (χ3v) is 3.56. The Kier molecular flexibility index (Phi) is 5.17. The number of ether oxygens (including phenoxy) is 1. The largest absolute Gasteiger partial charge is 0.496 e. The highest BCUT2D eigenvalue weighted by atomic mass is 16.5. The Morgan fingerprint density at radius 2 is 2.05 bits per heavy atom. The van der Waals surface area contributed by atoms with E-state index in [0.717, 1.165) is 35.7 Å². The van der Waals surface area contributed by atoms with E-state index in [1.54, 1.807) is 7.11 Å². The normalized spacial score (nSPS) is 12.0. The van der Waals surface area contributed by atoms with Gasteiger partial charge in [0.1, 0.15) is 5.75 Å². The first kappa shape index (κ1) is 15.3. The Balaban J connectivity index is 2.17. The third-order valence-electron chi connectivity index (χ3n) is 3.56. The van der Waals surface area contributed by atoms with Crippen molar-refractivity contribution in [3.63, 3.8) is 0 Å². The van der Waals surface area contributed by atoms with Crippen LogP contribution in [0.1, 0.15) is 24.2 Å². The highest BCUT2D eigenvalue weighted by molar-refractivity contribution is 5.60. The second kappa shape index (κ2) is 7.09. The van der Waals surface area contributed by atoms with Crippen LogP contribution in [-0.2, 0) is 6.42 Å². The van der Waals surface area contributed by atoms with Crippen LogP contribution in [0.15, 0.2) is 42.6 Å². The number of nitrogens with two attached hydrogens (primary N) is 1. The molecule has 0 saturated heterocycles. The highest BCUT2D eigenvalue weighted by Crippen LogP contribution is 2.33. The average Bonchev–Trinajstić information content (AvgIpc) is 2.52. The van der Waals surface area contributed by atoms with Gasteiger partial charge in [-0.1, -0.05) is 12.1 Å². The molecule has 0 radical (unpaired) electrons. The molecule has 1 aromatic heterocycles. The van der Waals surface area contributed by atoms with Gasteiger partial charge in [0.05, 0.1) is 7.11 Å². The van der Waals surface area contributed by atoms with E-state index in [-0.39, 0.29) is 6.04 Å². The molecule has 1 unspecified atom stereocenters. The fourth-order valence-electron chi connectivity index (χ4n) is 2.45. The summed E-state index contributed by atoms with van der Waals surface area (Å²) >= 11 is 0. The molecule has 2 N–H and O–H groups in total. The molecule has 2 rings (SSSR count). The number of nitrogens with zero attached hydrogens (tertiary/aromatic N) is 2. The summed E-state index contributed by atoms with van der Waals surface area (Å²) in [5, 5.41) is 0. The predicted molar refractivity (Wildman–Crippen MR) is 86.8 cm³/mol. The molecule has 1 aromatic carbocycles. The quantitative estimate of drug-likeness (QED) is 0.886. The maximum atomic E-state index is 6.12. The summed E-state index contributed by atoms with van der Waals surface area (Å²) in [5.74, 6) is 0.840. The molecule has 0 aliphatic carbocycles. The van der Waals surface area contributed by atoms with E-state index in [1.807, 2.05) is 43.5 Å². The lowest BCUT2D eigenvalue weighted by molar-refractivity contribution is 0.407. The number of rotatable bonds is 6. The SMILES string of the molecule is COc1cccc(N(C)CCc2ccccn2)c1C(C)N. The van der Waals surface area contributed by atoms with E-state index in [9.17, 15) is 0 Å². The second-order valence-electron chi connectivity index (χ2n) is 5.17. The zero-order valence-corrected chi connectivity index (χ0v) is 12.9. The number of hydrogen-bond donors (Lipinski definition) is 1. The Bertz CT molecular complexity index is 570. The number of anilines is 1. The third kappa shape index (κ3) is 3.73. The molecule has 21 heavy (non-hydrogen) atoms. The van der Waals surface area contributed by atoms with Crippen LogP contribution in [0.5, 0.6) is 5.75 Å². The molecule has 1 atom stereocenters. The topological polar surface area (TPSA) is 51.4 Å². The summed E-state index contributed by atoms with van der Waals surface area (Å²) < 4.78 is 5.44. The van der Waals surface area contributed by atoms with Gasteiger partial charge in [0.2, 0.25) is 0 Å². The van der Waals surface area contributed by atoms with E-state index < -0.39 is 0 Å². The maximum absolute atomic E-state index is 6.12. The summed E-state index contributed by atoms with van der Waals surface area (Å²) in [5.41, 5.74) is 9.37. The van der Waals surface area contributed by atoms with Crippen molar-refractivity contribution < 1.29 is 4.74 Å². The van der Waals surface area contributed by atoms with E-state index in [4.69, 9.17) is 10.5 Å². The van der Waals surface area contributed by atoms with Crippen LogP contribution in [0.25, 0.3) is 0 Å². The molecule has 0 amide bonds. The van der Waals surface area contributed by atoms with Crippen LogP contribution >= 0.6 is 0 Å². The number of methoxy groups -OCH3 is 1. The van der Waals surface area contributed by atoms with Crippen LogP contribution in [0.2, 0.25) is 0 Å². The molecule has 0 bridgehead atoms. The predicted octanol–water partition coefficient (Wildman–Crippen LogP) is 2.79. The molecule has 112 valence electrons. The number of benzene rings is 1. The monoisotopic (exact) mass is 285 g/mol. The van der Waals surface area contributed by atoms with Crippen LogP contribution in [-0.4, -0.2) is 25.7 Å². The molecular formula is C17H23N3O. The Morgan fingerprint density at radius 1 is 1.24 bits per heavy atom. The van der Waals surface area contributed by atoms with Gasteiger partial charge in [-0.3, -0.25) is 4.98 Å². The van der Waals surface area contributed by atoms with E-state index in [2.05, 4.69) is 23.0 Å². The molecule has 2 aromatic rings. The van der Waals surface area contributed by atoms with Gasteiger partial charge < -0.3 is 15.4 Å². The standard InChI is InChI=1S/C17H23N3O/c1-13(18)17-15(8-6-9-16(17)21-3)20(2)12-10-14-7-4-5-11-19-14/h4-9,11,13H,10,12,18H2,1-3H3. The van der Waals surface area contributed by atoms with Crippen molar-refractivity contribution in [2.45, 2.75) is 19.4 Å². The van der Waals surface area contributed by atoms with Gasteiger partial charge in [0, 0.05) is 49.2 Å². The summed E-state index contributed by atoms with van der Waals surface area (Å²) in [6.07, 6.45) is 2.72. The van der Waals surface area contributed by atoms with Crippen LogP contribution in [0.4, 0.5) is 5.69 Å². The van der Waals surface area contributed by atoms with Crippen LogP contribution in [0.3, 0.4) is 0 Å². The number of hydrogen-bond acceptors (Lipinski definition) is 4. The van der Waals surface area contributed by atoms with Gasteiger partial charge in [-0.05, 0) is 31.2 Å². The number of likely N-dealkylation sites (N-methyl/N-ethyl adjacent to an activating group) is 1. The fourth-order valence-corrected chi connectivity index (χ4v) is 2.45. The van der Waals surface area contributed by atoms with E-state index in [1.165, 1.54) is 0 Å². The second-order valence-corrected chi connectivity index (χ2v) is 5.17.